The molecule has 2 bridgehead atoms. The molecule has 5 rings (SSSR count). The SMILES string of the molecule is Nc1ccnc(N2C[C@@H]3C[C@H](C2)c2ccc(C(=O)N4CCCCCC4)c(=O)n2C3)n1. The fourth-order valence-corrected chi connectivity index (χ4v) is 5.23. The van der Waals surface area contributed by atoms with Crippen molar-refractivity contribution in [2.24, 2.45) is 5.92 Å². The summed E-state index contributed by atoms with van der Waals surface area (Å²) in [6, 6.07) is 5.42. The van der Waals surface area contributed by atoms with Gasteiger partial charge in [-0.15, -0.1) is 0 Å². The molecule has 2 aromatic rings. The quantitative estimate of drug-likeness (QED) is 0.815. The Labute approximate surface area is 175 Å². The van der Waals surface area contributed by atoms with Gasteiger partial charge in [0.25, 0.3) is 11.5 Å². The molecular formula is C22H28N6O2. The van der Waals surface area contributed by atoms with E-state index in [1.54, 1.807) is 18.3 Å². The Hall–Kier alpha value is -2.90. The van der Waals surface area contributed by atoms with Gasteiger partial charge in [-0.2, -0.15) is 4.98 Å². The minimum Gasteiger partial charge on any atom is -0.384 e. The topological polar surface area (TPSA) is 97.4 Å². The number of nitrogen functional groups attached to an aromatic ring is 1. The normalized spacial score (nSPS) is 23.6. The zero-order chi connectivity index (χ0) is 20.7. The fraction of sp³-hybridized carbons (Fsp3) is 0.545. The zero-order valence-corrected chi connectivity index (χ0v) is 17.2. The molecular weight excluding hydrogens is 380 g/mol. The summed E-state index contributed by atoms with van der Waals surface area (Å²) in [5.41, 5.74) is 7.03. The number of hydrogen-bond acceptors (Lipinski definition) is 6. The Kier molecular flexibility index (Phi) is 4.92. The van der Waals surface area contributed by atoms with Crippen molar-refractivity contribution in [1.29, 1.82) is 0 Å². The molecule has 8 nitrogen and oxygen atoms in total. The van der Waals surface area contributed by atoms with Crippen molar-refractivity contribution in [3.63, 3.8) is 0 Å². The van der Waals surface area contributed by atoms with Crippen LogP contribution in [-0.2, 0) is 6.54 Å². The number of anilines is 2. The summed E-state index contributed by atoms with van der Waals surface area (Å²) in [5.74, 6) is 1.54. The van der Waals surface area contributed by atoms with Gasteiger partial charge >= 0.3 is 0 Å². The van der Waals surface area contributed by atoms with Gasteiger partial charge in [-0.25, -0.2) is 4.98 Å². The predicted octanol–water partition coefficient (Wildman–Crippen LogP) is 1.86. The molecule has 2 N–H and O–H groups in total. The van der Waals surface area contributed by atoms with Crippen LogP contribution in [0, 0.1) is 5.92 Å². The van der Waals surface area contributed by atoms with Crippen LogP contribution in [0.3, 0.4) is 0 Å². The summed E-state index contributed by atoms with van der Waals surface area (Å²) in [7, 11) is 0. The molecule has 30 heavy (non-hydrogen) atoms. The maximum atomic E-state index is 13.3. The summed E-state index contributed by atoms with van der Waals surface area (Å²) in [6.45, 7) is 3.67. The van der Waals surface area contributed by atoms with Crippen LogP contribution < -0.4 is 16.2 Å². The van der Waals surface area contributed by atoms with E-state index >= 15 is 0 Å². The number of pyridine rings is 1. The molecule has 158 valence electrons. The van der Waals surface area contributed by atoms with Crippen LogP contribution in [0.15, 0.2) is 29.2 Å². The number of carbonyl (C=O) groups excluding carboxylic acids is 1. The third-order valence-corrected chi connectivity index (χ3v) is 6.68. The van der Waals surface area contributed by atoms with E-state index in [0.717, 1.165) is 64.0 Å². The van der Waals surface area contributed by atoms with Gasteiger partial charge in [-0.1, -0.05) is 12.8 Å². The molecule has 8 heteroatoms. The second kappa shape index (κ2) is 7.74. The first kappa shape index (κ1) is 19.1. The minimum atomic E-state index is -0.134. The second-order valence-corrected chi connectivity index (χ2v) is 8.78. The van der Waals surface area contributed by atoms with Gasteiger partial charge < -0.3 is 20.1 Å². The number of aromatic nitrogens is 3. The van der Waals surface area contributed by atoms with E-state index in [0.29, 0.717) is 29.8 Å². The molecule has 1 amide bonds. The molecule has 2 aromatic heterocycles. The molecule has 2 fully saturated rings. The van der Waals surface area contributed by atoms with Gasteiger partial charge in [0.05, 0.1) is 0 Å². The second-order valence-electron chi connectivity index (χ2n) is 8.78. The smallest absolute Gasteiger partial charge is 0.263 e. The van der Waals surface area contributed by atoms with Gasteiger partial charge in [0.15, 0.2) is 0 Å². The number of carbonyl (C=O) groups is 1. The molecule has 0 spiro atoms. The molecule has 3 aliphatic rings. The minimum absolute atomic E-state index is 0.109. The molecule has 0 unspecified atom stereocenters. The molecule has 0 aliphatic carbocycles. The average Bonchev–Trinajstić information content (AvgIpc) is 3.03. The van der Waals surface area contributed by atoms with Gasteiger partial charge in [0, 0.05) is 50.5 Å². The molecule has 0 aromatic carbocycles. The highest BCUT2D eigenvalue weighted by molar-refractivity contribution is 5.94. The van der Waals surface area contributed by atoms with E-state index < -0.39 is 0 Å². The summed E-state index contributed by atoms with van der Waals surface area (Å²) in [4.78, 5) is 39.1. The van der Waals surface area contributed by atoms with E-state index in [1.807, 2.05) is 15.5 Å². The third-order valence-electron chi connectivity index (χ3n) is 6.68. The van der Waals surface area contributed by atoms with Crippen LogP contribution in [0.5, 0.6) is 0 Å². The van der Waals surface area contributed by atoms with E-state index in [9.17, 15) is 9.59 Å². The Bertz CT molecular complexity index is 1010. The number of fused-ring (bicyclic) bond motifs is 4. The highest BCUT2D eigenvalue weighted by Gasteiger charge is 2.36. The van der Waals surface area contributed by atoms with Crippen molar-refractivity contribution in [3.05, 3.63) is 46.0 Å². The lowest BCUT2D eigenvalue weighted by molar-refractivity contribution is 0.0758. The Morgan fingerprint density at radius 3 is 2.60 bits per heavy atom. The maximum absolute atomic E-state index is 13.3. The molecule has 5 heterocycles. The van der Waals surface area contributed by atoms with Crippen molar-refractivity contribution < 1.29 is 4.79 Å². The first-order chi connectivity index (χ1) is 14.6. The summed E-state index contributed by atoms with van der Waals surface area (Å²) in [5, 5.41) is 0. The lowest BCUT2D eigenvalue weighted by Gasteiger charge is -2.42. The van der Waals surface area contributed by atoms with Gasteiger partial charge in [0.2, 0.25) is 5.95 Å². The zero-order valence-electron chi connectivity index (χ0n) is 17.2. The number of hydrogen-bond donors (Lipinski definition) is 1. The highest BCUT2D eigenvalue weighted by Crippen LogP contribution is 2.36. The number of piperidine rings is 1. The number of rotatable bonds is 2. The van der Waals surface area contributed by atoms with E-state index in [1.165, 1.54) is 0 Å². The average molecular weight is 409 g/mol. The fourth-order valence-electron chi connectivity index (χ4n) is 5.23. The standard InChI is InChI=1S/C22H28N6O2/c23-19-7-8-24-22(25-19)27-12-15-11-16(14-27)18-6-5-17(21(30)28(18)13-15)20(29)26-9-3-1-2-4-10-26/h5-8,15-16H,1-4,9-14H2,(H2,23,24,25)/t15-,16+/m0/s1. The number of amides is 1. The Morgan fingerprint density at radius 1 is 1.03 bits per heavy atom. The molecule has 3 aliphatic heterocycles. The lowest BCUT2D eigenvalue weighted by atomic mass is 9.83. The van der Waals surface area contributed by atoms with Crippen LogP contribution in [0.2, 0.25) is 0 Å². The highest BCUT2D eigenvalue weighted by atomic mass is 16.2. The lowest BCUT2D eigenvalue weighted by Crippen LogP contribution is -2.48. The van der Waals surface area contributed by atoms with Crippen molar-refractivity contribution in [3.8, 4) is 0 Å². The monoisotopic (exact) mass is 408 g/mol. The van der Waals surface area contributed by atoms with Crippen LogP contribution in [0.25, 0.3) is 0 Å². The number of nitrogens with zero attached hydrogens (tertiary/aromatic N) is 5. The maximum Gasteiger partial charge on any atom is 0.263 e. The van der Waals surface area contributed by atoms with Gasteiger partial charge in [-0.3, -0.25) is 9.59 Å². The molecule has 0 radical (unpaired) electrons. The first-order valence-electron chi connectivity index (χ1n) is 11.0. The molecule has 2 atom stereocenters. The van der Waals surface area contributed by atoms with Gasteiger partial charge in [0.1, 0.15) is 11.4 Å². The Balaban J connectivity index is 1.42. The van der Waals surface area contributed by atoms with Crippen molar-refractivity contribution in [2.75, 3.05) is 36.8 Å². The largest absolute Gasteiger partial charge is 0.384 e. The summed E-state index contributed by atoms with van der Waals surface area (Å²) < 4.78 is 1.85. The van der Waals surface area contributed by atoms with Gasteiger partial charge in [-0.05, 0) is 43.4 Å². The van der Waals surface area contributed by atoms with Crippen molar-refractivity contribution in [1.82, 2.24) is 19.4 Å². The Morgan fingerprint density at radius 2 is 1.83 bits per heavy atom. The van der Waals surface area contributed by atoms with E-state index in [-0.39, 0.29) is 17.4 Å². The molecule has 2 saturated heterocycles. The number of nitrogens with two attached hydrogens (primary N) is 1. The van der Waals surface area contributed by atoms with E-state index in [4.69, 9.17) is 5.73 Å². The summed E-state index contributed by atoms with van der Waals surface area (Å²) in [6.07, 6.45) is 7.07. The van der Waals surface area contributed by atoms with Crippen LogP contribution >= 0.6 is 0 Å². The first-order valence-corrected chi connectivity index (χ1v) is 11.0. The van der Waals surface area contributed by atoms with Crippen LogP contribution in [0.1, 0.15) is 54.1 Å². The number of likely N-dealkylation sites (tertiary alicyclic amines) is 1. The third kappa shape index (κ3) is 3.44. The summed E-state index contributed by atoms with van der Waals surface area (Å²) >= 11 is 0. The molecule has 0 saturated carbocycles. The van der Waals surface area contributed by atoms with Crippen molar-refractivity contribution >= 4 is 17.7 Å². The van der Waals surface area contributed by atoms with Crippen LogP contribution in [-0.4, -0.2) is 51.5 Å². The van der Waals surface area contributed by atoms with Crippen molar-refractivity contribution in [2.45, 2.75) is 44.6 Å². The predicted molar refractivity (Wildman–Crippen MR) is 115 cm³/mol. The van der Waals surface area contributed by atoms with E-state index in [2.05, 4.69) is 14.9 Å². The van der Waals surface area contributed by atoms with Crippen LogP contribution in [0.4, 0.5) is 11.8 Å².